The molecule has 0 aliphatic carbocycles. The third-order valence-corrected chi connectivity index (χ3v) is 3.49. The van der Waals surface area contributed by atoms with E-state index in [0.717, 1.165) is 23.4 Å². The first-order valence-electron chi connectivity index (χ1n) is 5.64. The van der Waals surface area contributed by atoms with E-state index in [1.807, 2.05) is 6.92 Å². The third-order valence-electron chi connectivity index (χ3n) is 3.49. The van der Waals surface area contributed by atoms with E-state index in [0.29, 0.717) is 12.0 Å². The summed E-state index contributed by atoms with van der Waals surface area (Å²) in [5.41, 5.74) is 9.44. The largest absolute Gasteiger partial charge is 0.402 e. The van der Waals surface area contributed by atoms with Crippen LogP contribution in [0.2, 0.25) is 0 Å². The van der Waals surface area contributed by atoms with Crippen molar-refractivity contribution < 1.29 is 0 Å². The maximum Gasteiger partial charge on any atom is 0.0316 e. The summed E-state index contributed by atoms with van der Waals surface area (Å²) in [6.45, 7) is 15.1. The fraction of sp³-hybridized carbons (Fsp3) is 0.692. The zero-order chi connectivity index (χ0) is 11.8. The Balaban J connectivity index is 3.00. The first kappa shape index (κ1) is 12.2. The lowest BCUT2D eigenvalue weighted by Gasteiger charge is -2.35. The Morgan fingerprint density at radius 3 is 2.40 bits per heavy atom. The van der Waals surface area contributed by atoms with Crippen molar-refractivity contribution in [2.75, 3.05) is 0 Å². The summed E-state index contributed by atoms with van der Waals surface area (Å²) in [4.78, 5) is 0. The highest BCUT2D eigenvalue weighted by Gasteiger charge is 2.32. The second kappa shape index (κ2) is 3.92. The molecular weight excluding hydrogens is 184 g/mol. The Hall–Kier alpha value is -0.920. The standard InChI is InChI=1S/C13H24N2/c1-8-9(2)15-10(3)11(7-12(8)14)13(4,5)6/h10-11,15H,2,7,14H2,1,3-6H3. The maximum atomic E-state index is 6.10. The SMILES string of the molecule is C=C1NC(C)C(C(C)(C)C)CC(N)=C1C. The van der Waals surface area contributed by atoms with Gasteiger partial charge >= 0.3 is 0 Å². The van der Waals surface area contributed by atoms with Crippen molar-refractivity contribution in [1.82, 2.24) is 5.32 Å². The molecule has 0 saturated heterocycles. The van der Waals surface area contributed by atoms with Gasteiger partial charge in [0, 0.05) is 17.4 Å². The predicted molar refractivity (Wildman–Crippen MR) is 66.2 cm³/mol. The molecule has 0 radical (unpaired) electrons. The number of hydrogen-bond donors (Lipinski definition) is 2. The minimum Gasteiger partial charge on any atom is -0.402 e. The lowest BCUT2D eigenvalue weighted by molar-refractivity contribution is 0.195. The molecule has 0 amide bonds. The predicted octanol–water partition coefficient (Wildman–Crippen LogP) is 2.78. The van der Waals surface area contributed by atoms with Crippen LogP contribution in [0.5, 0.6) is 0 Å². The minimum atomic E-state index is 0.266. The van der Waals surface area contributed by atoms with Crippen LogP contribution >= 0.6 is 0 Å². The van der Waals surface area contributed by atoms with Gasteiger partial charge in [0.25, 0.3) is 0 Å². The summed E-state index contributed by atoms with van der Waals surface area (Å²) in [5.74, 6) is 0.548. The van der Waals surface area contributed by atoms with E-state index < -0.39 is 0 Å². The van der Waals surface area contributed by atoms with E-state index in [2.05, 4.69) is 39.6 Å². The minimum absolute atomic E-state index is 0.266. The molecule has 2 nitrogen and oxygen atoms in total. The maximum absolute atomic E-state index is 6.10. The molecule has 0 aromatic rings. The molecule has 1 rings (SSSR count). The lowest BCUT2D eigenvalue weighted by Crippen LogP contribution is -2.38. The van der Waals surface area contributed by atoms with E-state index in [1.54, 1.807) is 0 Å². The van der Waals surface area contributed by atoms with Gasteiger partial charge in [-0.3, -0.25) is 0 Å². The van der Waals surface area contributed by atoms with Crippen molar-refractivity contribution in [2.45, 2.75) is 47.1 Å². The van der Waals surface area contributed by atoms with Gasteiger partial charge in [-0.15, -0.1) is 0 Å². The number of nitrogens with one attached hydrogen (secondary N) is 1. The van der Waals surface area contributed by atoms with E-state index >= 15 is 0 Å². The van der Waals surface area contributed by atoms with Gasteiger partial charge in [-0.1, -0.05) is 27.4 Å². The Labute approximate surface area is 93.6 Å². The van der Waals surface area contributed by atoms with Crippen LogP contribution in [-0.4, -0.2) is 6.04 Å². The van der Waals surface area contributed by atoms with Gasteiger partial charge in [0.1, 0.15) is 0 Å². The molecule has 0 aromatic carbocycles. The van der Waals surface area contributed by atoms with Crippen molar-refractivity contribution in [1.29, 1.82) is 0 Å². The highest BCUT2D eigenvalue weighted by atomic mass is 14.9. The molecule has 1 aliphatic heterocycles. The zero-order valence-electron chi connectivity index (χ0n) is 10.6. The summed E-state index contributed by atoms with van der Waals surface area (Å²) in [5, 5.41) is 3.45. The number of nitrogens with two attached hydrogens (primary N) is 1. The molecule has 2 atom stereocenters. The van der Waals surface area contributed by atoms with Gasteiger partial charge in [-0.2, -0.15) is 0 Å². The van der Waals surface area contributed by atoms with Crippen molar-refractivity contribution in [3.05, 3.63) is 23.5 Å². The first-order valence-corrected chi connectivity index (χ1v) is 5.64. The molecule has 0 spiro atoms. The average Bonchev–Trinajstić information content (AvgIpc) is 2.17. The molecule has 2 unspecified atom stereocenters. The second-order valence-electron chi connectivity index (χ2n) is 5.74. The van der Waals surface area contributed by atoms with Crippen molar-refractivity contribution in [3.63, 3.8) is 0 Å². The molecule has 0 fully saturated rings. The van der Waals surface area contributed by atoms with Crippen LogP contribution in [0.4, 0.5) is 0 Å². The van der Waals surface area contributed by atoms with Crippen molar-refractivity contribution >= 4 is 0 Å². The van der Waals surface area contributed by atoms with Gasteiger partial charge in [-0.05, 0) is 37.2 Å². The summed E-state index contributed by atoms with van der Waals surface area (Å²) in [6.07, 6.45) is 0.961. The highest BCUT2D eigenvalue weighted by molar-refractivity contribution is 5.31. The lowest BCUT2D eigenvalue weighted by atomic mass is 9.74. The van der Waals surface area contributed by atoms with Crippen LogP contribution in [0.3, 0.4) is 0 Å². The second-order valence-corrected chi connectivity index (χ2v) is 5.74. The summed E-state index contributed by atoms with van der Waals surface area (Å²) in [6, 6.07) is 0.425. The molecular formula is C13H24N2. The smallest absolute Gasteiger partial charge is 0.0316 e. The first-order chi connectivity index (χ1) is 6.73. The Morgan fingerprint density at radius 2 is 1.93 bits per heavy atom. The normalized spacial score (nSPS) is 28.7. The number of allylic oxidation sites excluding steroid dienone is 2. The summed E-state index contributed by atoms with van der Waals surface area (Å²) in [7, 11) is 0. The van der Waals surface area contributed by atoms with E-state index in [1.165, 1.54) is 0 Å². The quantitative estimate of drug-likeness (QED) is 0.642. The molecule has 2 heteroatoms. The van der Waals surface area contributed by atoms with Gasteiger partial charge in [-0.25, -0.2) is 0 Å². The van der Waals surface area contributed by atoms with Crippen LogP contribution < -0.4 is 11.1 Å². The highest BCUT2D eigenvalue weighted by Crippen LogP contribution is 2.36. The third kappa shape index (κ3) is 2.55. The van der Waals surface area contributed by atoms with Crippen molar-refractivity contribution in [3.8, 4) is 0 Å². The molecule has 0 saturated carbocycles. The topological polar surface area (TPSA) is 38.0 Å². The van der Waals surface area contributed by atoms with Crippen molar-refractivity contribution in [2.24, 2.45) is 17.1 Å². The van der Waals surface area contributed by atoms with E-state index in [4.69, 9.17) is 5.73 Å². The summed E-state index contributed by atoms with van der Waals surface area (Å²) < 4.78 is 0. The van der Waals surface area contributed by atoms with Crippen LogP contribution in [0.25, 0.3) is 0 Å². The average molecular weight is 208 g/mol. The molecule has 3 N–H and O–H groups in total. The van der Waals surface area contributed by atoms with E-state index in [-0.39, 0.29) is 5.41 Å². The van der Waals surface area contributed by atoms with Gasteiger partial charge in [0.05, 0.1) is 0 Å². The van der Waals surface area contributed by atoms with E-state index in [9.17, 15) is 0 Å². The Kier molecular flexibility index (Phi) is 3.17. The van der Waals surface area contributed by atoms with Crippen LogP contribution in [0.1, 0.15) is 41.0 Å². The van der Waals surface area contributed by atoms with Crippen LogP contribution in [0.15, 0.2) is 23.5 Å². The van der Waals surface area contributed by atoms with Gasteiger partial charge in [0.15, 0.2) is 0 Å². The van der Waals surface area contributed by atoms with Crippen LogP contribution in [0, 0.1) is 11.3 Å². The monoisotopic (exact) mass is 208 g/mol. The zero-order valence-corrected chi connectivity index (χ0v) is 10.6. The molecule has 0 bridgehead atoms. The molecule has 1 heterocycles. The number of hydrogen-bond acceptors (Lipinski definition) is 2. The Morgan fingerprint density at radius 1 is 1.40 bits per heavy atom. The number of rotatable bonds is 0. The van der Waals surface area contributed by atoms with Gasteiger partial charge < -0.3 is 11.1 Å². The molecule has 0 aromatic heterocycles. The molecule has 15 heavy (non-hydrogen) atoms. The Bertz CT molecular complexity index is 294. The van der Waals surface area contributed by atoms with Gasteiger partial charge in [0.2, 0.25) is 0 Å². The molecule has 1 aliphatic rings. The fourth-order valence-corrected chi connectivity index (χ4v) is 2.30. The van der Waals surface area contributed by atoms with Crippen LogP contribution in [-0.2, 0) is 0 Å². The fourth-order valence-electron chi connectivity index (χ4n) is 2.30. The molecule has 86 valence electrons. The summed E-state index contributed by atoms with van der Waals surface area (Å²) >= 11 is 0.